The Morgan fingerprint density at radius 2 is 1.92 bits per heavy atom. The molecule has 0 unspecified atom stereocenters. The van der Waals surface area contributed by atoms with Crippen LogP contribution < -0.4 is 4.57 Å². The number of hydrogen-bond acceptors (Lipinski definition) is 0. The Morgan fingerprint density at radius 3 is 2.31 bits per heavy atom. The van der Waals surface area contributed by atoms with E-state index >= 15 is 0 Å². The first-order chi connectivity index (χ1) is 6.09. The smallest absolute Gasteiger partial charge is 0.234 e. The van der Waals surface area contributed by atoms with Crippen LogP contribution in [0.5, 0.6) is 0 Å². The molecule has 0 radical (unpaired) electrons. The highest BCUT2D eigenvalue weighted by Crippen LogP contribution is 2.08. The normalized spacial score (nSPS) is 10.8. The van der Waals surface area contributed by atoms with Gasteiger partial charge in [-0.3, -0.25) is 0 Å². The molecular weight excluding hydrogens is 228 g/mol. The first-order valence-electron chi connectivity index (χ1n) is 4.68. The molecule has 0 atom stereocenters. The van der Waals surface area contributed by atoms with Crippen molar-refractivity contribution < 1.29 is 4.57 Å². The molecule has 74 valence electrons. The topological polar surface area (TPSA) is 8.81 Å². The molecule has 0 aliphatic rings. The van der Waals surface area contributed by atoms with Crippen LogP contribution in [0.1, 0.15) is 23.6 Å². The van der Waals surface area contributed by atoms with Crippen molar-refractivity contribution in [2.45, 2.75) is 33.7 Å². The van der Waals surface area contributed by atoms with Crippen LogP contribution in [0.4, 0.5) is 0 Å². The summed E-state index contributed by atoms with van der Waals surface area (Å²) in [6.07, 6.45) is 1.19. The van der Waals surface area contributed by atoms with Gasteiger partial charge in [0.1, 0.15) is 11.4 Å². The highest BCUT2D eigenvalue weighted by Gasteiger charge is 2.18. The van der Waals surface area contributed by atoms with Crippen LogP contribution in [-0.2, 0) is 13.6 Å². The van der Waals surface area contributed by atoms with Gasteiger partial charge in [0.25, 0.3) is 5.82 Å². The number of hydrogen-bond donors (Lipinski definition) is 0. The zero-order chi connectivity index (χ0) is 10.0. The lowest BCUT2D eigenvalue weighted by Gasteiger charge is -1.98. The van der Waals surface area contributed by atoms with Crippen molar-refractivity contribution in [3.63, 3.8) is 0 Å². The molecule has 0 bridgehead atoms. The Balaban J connectivity index is 2.99. The lowest BCUT2D eigenvalue weighted by molar-refractivity contribution is -0.683. The summed E-state index contributed by atoms with van der Waals surface area (Å²) in [6, 6.07) is 0. The first-order valence-corrected chi connectivity index (χ1v) is 5.80. The van der Waals surface area contributed by atoms with E-state index in [1.165, 1.54) is 23.6 Å². The monoisotopic (exact) mass is 245 g/mol. The maximum atomic E-state index is 3.46. The molecule has 0 saturated carbocycles. The van der Waals surface area contributed by atoms with Gasteiger partial charge < -0.3 is 0 Å². The Kier molecular flexibility index (Phi) is 3.54. The van der Waals surface area contributed by atoms with E-state index in [9.17, 15) is 0 Å². The van der Waals surface area contributed by atoms with Crippen molar-refractivity contribution in [3.05, 3.63) is 17.2 Å². The minimum absolute atomic E-state index is 1.08. The largest absolute Gasteiger partial charge is 0.253 e. The van der Waals surface area contributed by atoms with Crippen molar-refractivity contribution in [3.8, 4) is 0 Å². The predicted octanol–water partition coefficient (Wildman–Crippen LogP) is 2.02. The van der Waals surface area contributed by atoms with Crippen molar-refractivity contribution in [2.24, 2.45) is 7.05 Å². The van der Waals surface area contributed by atoms with Gasteiger partial charge in [-0.2, -0.15) is 0 Å². The lowest BCUT2D eigenvalue weighted by atomic mass is 10.3. The molecule has 1 rings (SSSR count). The van der Waals surface area contributed by atoms with Crippen molar-refractivity contribution in [1.82, 2.24) is 4.57 Å². The van der Waals surface area contributed by atoms with Crippen LogP contribution in [0, 0.1) is 20.8 Å². The van der Waals surface area contributed by atoms with Gasteiger partial charge in [0.05, 0.1) is 13.6 Å². The summed E-state index contributed by atoms with van der Waals surface area (Å²) in [5.74, 6) is 1.34. The molecule has 0 aliphatic carbocycles. The average molecular weight is 246 g/mol. The van der Waals surface area contributed by atoms with E-state index in [4.69, 9.17) is 0 Å². The second-order valence-electron chi connectivity index (χ2n) is 3.47. The standard InChI is InChI=1S/C10H18BrN2/c1-8-9(2)13(7-5-6-11)10(3)12(8)4/h5-7H2,1-4H3/q+1. The third kappa shape index (κ3) is 1.96. The lowest BCUT2D eigenvalue weighted by Crippen LogP contribution is -2.33. The van der Waals surface area contributed by atoms with Crippen LogP contribution in [0.2, 0.25) is 0 Å². The summed E-state index contributed by atoms with van der Waals surface area (Å²) in [7, 11) is 2.13. The SMILES string of the molecule is Cc1c(C)[n+](C)c(C)n1CCCBr. The van der Waals surface area contributed by atoms with Crippen molar-refractivity contribution in [1.29, 1.82) is 0 Å². The molecule has 2 nitrogen and oxygen atoms in total. The van der Waals surface area contributed by atoms with E-state index in [0.717, 1.165) is 11.9 Å². The van der Waals surface area contributed by atoms with Gasteiger partial charge in [-0.05, 0) is 6.42 Å². The molecule has 1 heterocycles. The van der Waals surface area contributed by atoms with Crippen molar-refractivity contribution in [2.75, 3.05) is 5.33 Å². The number of nitrogens with zero attached hydrogens (tertiary/aromatic N) is 2. The maximum absolute atomic E-state index is 3.46. The Morgan fingerprint density at radius 1 is 1.31 bits per heavy atom. The average Bonchev–Trinajstić information content (AvgIpc) is 2.30. The Hall–Kier alpha value is -0.310. The molecule has 0 amide bonds. The van der Waals surface area contributed by atoms with Crippen LogP contribution in [-0.4, -0.2) is 9.90 Å². The number of rotatable bonds is 3. The highest BCUT2D eigenvalue weighted by molar-refractivity contribution is 9.09. The van der Waals surface area contributed by atoms with Crippen LogP contribution in [0.25, 0.3) is 0 Å². The second kappa shape index (κ2) is 4.27. The van der Waals surface area contributed by atoms with Gasteiger partial charge in [-0.25, -0.2) is 9.13 Å². The highest BCUT2D eigenvalue weighted by atomic mass is 79.9. The summed E-state index contributed by atoms with van der Waals surface area (Å²) in [5, 5.41) is 1.08. The fourth-order valence-corrected chi connectivity index (χ4v) is 1.90. The van der Waals surface area contributed by atoms with Crippen LogP contribution >= 0.6 is 15.9 Å². The molecule has 0 saturated heterocycles. The summed E-state index contributed by atoms with van der Waals surface area (Å²) < 4.78 is 4.64. The van der Waals surface area contributed by atoms with Gasteiger partial charge >= 0.3 is 0 Å². The fourth-order valence-electron chi connectivity index (χ4n) is 1.65. The molecule has 1 aromatic rings. The van der Waals surface area contributed by atoms with E-state index < -0.39 is 0 Å². The van der Waals surface area contributed by atoms with E-state index in [1.807, 2.05) is 0 Å². The minimum atomic E-state index is 1.08. The summed E-state index contributed by atoms with van der Waals surface area (Å²) in [4.78, 5) is 0. The van der Waals surface area contributed by atoms with E-state index in [2.05, 4.69) is 52.9 Å². The fraction of sp³-hybridized carbons (Fsp3) is 0.700. The van der Waals surface area contributed by atoms with E-state index in [1.54, 1.807) is 0 Å². The van der Waals surface area contributed by atoms with Gasteiger partial charge in [0.2, 0.25) is 0 Å². The summed E-state index contributed by atoms with van der Waals surface area (Å²) in [5.41, 5.74) is 2.76. The van der Waals surface area contributed by atoms with Gasteiger partial charge in [0, 0.05) is 26.1 Å². The zero-order valence-corrected chi connectivity index (χ0v) is 10.5. The van der Waals surface area contributed by atoms with Gasteiger partial charge in [-0.1, -0.05) is 15.9 Å². The Labute approximate surface area is 88.7 Å². The molecule has 0 aliphatic heterocycles. The van der Waals surface area contributed by atoms with Crippen LogP contribution in [0.15, 0.2) is 0 Å². The van der Waals surface area contributed by atoms with Crippen molar-refractivity contribution >= 4 is 15.9 Å². The minimum Gasteiger partial charge on any atom is -0.234 e. The number of alkyl halides is 1. The first kappa shape index (κ1) is 10.8. The van der Waals surface area contributed by atoms with E-state index in [-0.39, 0.29) is 0 Å². The number of halogens is 1. The Bertz CT molecular complexity index is 277. The molecule has 0 spiro atoms. The third-order valence-electron chi connectivity index (χ3n) is 2.82. The molecule has 1 aromatic heterocycles. The van der Waals surface area contributed by atoms with Crippen LogP contribution in [0.3, 0.4) is 0 Å². The number of imidazole rings is 1. The molecule has 0 aromatic carbocycles. The molecule has 0 fully saturated rings. The molecule has 3 heteroatoms. The quantitative estimate of drug-likeness (QED) is 0.570. The second-order valence-corrected chi connectivity index (χ2v) is 4.26. The molecular formula is C10H18BrN2+. The van der Waals surface area contributed by atoms with E-state index in [0.29, 0.717) is 0 Å². The predicted molar refractivity (Wildman–Crippen MR) is 58.2 cm³/mol. The molecule has 13 heavy (non-hydrogen) atoms. The zero-order valence-electron chi connectivity index (χ0n) is 8.89. The maximum Gasteiger partial charge on any atom is 0.253 e. The summed E-state index contributed by atoms with van der Waals surface area (Å²) >= 11 is 3.46. The van der Waals surface area contributed by atoms with Gasteiger partial charge in [0.15, 0.2) is 0 Å². The van der Waals surface area contributed by atoms with Gasteiger partial charge in [-0.15, -0.1) is 0 Å². The summed E-state index contributed by atoms with van der Waals surface area (Å²) in [6.45, 7) is 7.66. The molecule has 0 N–H and O–H groups in total. The third-order valence-corrected chi connectivity index (χ3v) is 3.38. The number of aromatic nitrogens is 2.